The van der Waals surface area contributed by atoms with E-state index >= 15 is 0 Å². The second kappa shape index (κ2) is 6.23. The molecule has 3 heteroatoms. The number of likely N-dealkylation sites (N-methyl/N-ethyl adjacent to an activating group) is 1. The molecule has 0 saturated heterocycles. The summed E-state index contributed by atoms with van der Waals surface area (Å²) in [5.74, 6) is 0.0000265. The van der Waals surface area contributed by atoms with Crippen LogP contribution >= 0.6 is 11.6 Å². The number of benzene rings is 3. The average Bonchev–Trinajstić information content (AvgIpc) is 2.89. The van der Waals surface area contributed by atoms with E-state index in [1.165, 1.54) is 0 Å². The molecule has 1 amide bonds. The largest absolute Gasteiger partial charge is 0.311 e. The predicted octanol–water partition coefficient (Wildman–Crippen LogP) is 5.28. The first-order valence-corrected chi connectivity index (χ1v) is 8.47. The van der Waals surface area contributed by atoms with E-state index in [2.05, 4.69) is 0 Å². The number of carbonyl (C=O) groups is 1. The highest BCUT2D eigenvalue weighted by atomic mass is 35.5. The Morgan fingerprint density at radius 3 is 2.28 bits per heavy atom. The molecule has 122 valence electrons. The Labute approximate surface area is 152 Å². The zero-order valence-corrected chi connectivity index (χ0v) is 14.5. The van der Waals surface area contributed by atoms with Gasteiger partial charge in [-0.3, -0.25) is 4.79 Å². The highest BCUT2D eigenvalue weighted by molar-refractivity contribution is 6.39. The summed E-state index contributed by atoms with van der Waals surface area (Å²) < 4.78 is 0. The Kier molecular flexibility index (Phi) is 3.90. The molecule has 3 aromatic rings. The van der Waals surface area contributed by atoms with Crippen molar-refractivity contribution in [1.82, 2.24) is 0 Å². The summed E-state index contributed by atoms with van der Waals surface area (Å²) in [4.78, 5) is 14.8. The maximum absolute atomic E-state index is 13.1. The minimum absolute atomic E-state index is 0.0000265. The van der Waals surface area contributed by atoms with Gasteiger partial charge in [-0.25, -0.2) is 0 Å². The van der Waals surface area contributed by atoms with Gasteiger partial charge in [0.05, 0.1) is 11.3 Å². The van der Waals surface area contributed by atoms with Crippen LogP contribution in [0.5, 0.6) is 0 Å². The molecule has 0 radical (unpaired) electrons. The SMILES string of the molecule is CN1C(=O)/C(=C(/c2ccccc2)c2cccc(Cl)c2)c2ccccc21. The minimum Gasteiger partial charge on any atom is -0.311 e. The lowest BCUT2D eigenvalue weighted by Gasteiger charge is -2.13. The van der Waals surface area contributed by atoms with Crippen molar-refractivity contribution in [3.05, 3.63) is 101 Å². The lowest BCUT2D eigenvalue weighted by Crippen LogP contribution is -2.20. The first-order valence-electron chi connectivity index (χ1n) is 8.10. The van der Waals surface area contributed by atoms with Crippen molar-refractivity contribution in [2.75, 3.05) is 11.9 Å². The van der Waals surface area contributed by atoms with Gasteiger partial charge in [0.15, 0.2) is 0 Å². The Morgan fingerprint density at radius 2 is 1.52 bits per heavy atom. The molecular formula is C22H16ClNO. The zero-order chi connectivity index (χ0) is 17.4. The Hall–Kier alpha value is -2.84. The summed E-state index contributed by atoms with van der Waals surface area (Å²) in [6.45, 7) is 0. The normalized spacial score (nSPS) is 15.3. The number of fused-ring (bicyclic) bond motifs is 1. The first kappa shape index (κ1) is 15.7. The molecule has 1 heterocycles. The molecule has 25 heavy (non-hydrogen) atoms. The molecule has 0 fully saturated rings. The summed E-state index contributed by atoms with van der Waals surface area (Å²) >= 11 is 6.23. The molecule has 0 spiro atoms. The van der Waals surface area contributed by atoms with Crippen molar-refractivity contribution in [1.29, 1.82) is 0 Å². The Morgan fingerprint density at radius 1 is 0.840 bits per heavy atom. The molecule has 0 unspecified atom stereocenters. The molecule has 0 atom stereocenters. The number of halogens is 1. The van der Waals surface area contributed by atoms with E-state index in [-0.39, 0.29) is 5.91 Å². The molecular weight excluding hydrogens is 330 g/mol. The molecule has 1 aliphatic heterocycles. The third kappa shape index (κ3) is 2.65. The number of anilines is 1. The van der Waals surface area contributed by atoms with Gasteiger partial charge in [0.1, 0.15) is 0 Å². The number of nitrogens with zero attached hydrogens (tertiary/aromatic N) is 1. The number of rotatable bonds is 2. The maximum Gasteiger partial charge on any atom is 0.259 e. The maximum atomic E-state index is 13.1. The van der Waals surface area contributed by atoms with Gasteiger partial charge in [-0.15, -0.1) is 0 Å². The number of hydrogen-bond acceptors (Lipinski definition) is 1. The van der Waals surface area contributed by atoms with Gasteiger partial charge in [0.25, 0.3) is 5.91 Å². The molecule has 0 bridgehead atoms. The molecule has 3 aromatic carbocycles. The lowest BCUT2D eigenvalue weighted by molar-refractivity contribution is -0.112. The third-order valence-corrected chi connectivity index (χ3v) is 4.71. The van der Waals surface area contributed by atoms with Crippen LogP contribution in [0, 0.1) is 0 Å². The van der Waals surface area contributed by atoms with Crippen molar-refractivity contribution in [2.45, 2.75) is 0 Å². The lowest BCUT2D eigenvalue weighted by atomic mass is 9.90. The van der Waals surface area contributed by atoms with Gasteiger partial charge in [-0.1, -0.05) is 72.3 Å². The smallest absolute Gasteiger partial charge is 0.259 e. The molecule has 2 nitrogen and oxygen atoms in total. The fraction of sp³-hybridized carbons (Fsp3) is 0.0455. The van der Waals surface area contributed by atoms with Crippen molar-refractivity contribution < 1.29 is 4.79 Å². The molecule has 0 N–H and O–H groups in total. The topological polar surface area (TPSA) is 20.3 Å². The zero-order valence-electron chi connectivity index (χ0n) is 13.7. The highest BCUT2D eigenvalue weighted by Gasteiger charge is 2.32. The fourth-order valence-corrected chi connectivity index (χ4v) is 3.51. The molecule has 0 saturated carbocycles. The van der Waals surface area contributed by atoms with E-state index in [4.69, 9.17) is 11.6 Å². The van der Waals surface area contributed by atoms with E-state index < -0.39 is 0 Å². The van der Waals surface area contributed by atoms with E-state index in [9.17, 15) is 4.79 Å². The van der Waals surface area contributed by atoms with Crippen LogP contribution in [-0.2, 0) is 4.79 Å². The number of hydrogen-bond donors (Lipinski definition) is 0. The Balaban J connectivity index is 2.08. The molecule has 0 aromatic heterocycles. The van der Waals surface area contributed by atoms with E-state index in [1.807, 2.05) is 85.9 Å². The number of para-hydroxylation sites is 1. The van der Waals surface area contributed by atoms with E-state index in [0.29, 0.717) is 10.6 Å². The van der Waals surface area contributed by atoms with Crippen LogP contribution in [0.15, 0.2) is 78.9 Å². The van der Waals surface area contributed by atoms with Crippen molar-refractivity contribution in [3.63, 3.8) is 0 Å². The fourth-order valence-electron chi connectivity index (χ4n) is 3.32. The van der Waals surface area contributed by atoms with Crippen LogP contribution in [0.3, 0.4) is 0 Å². The van der Waals surface area contributed by atoms with Crippen LogP contribution in [0.1, 0.15) is 16.7 Å². The molecule has 0 aliphatic carbocycles. The van der Waals surface area contributed by atoms with E-state index in [0.717, 1.165) is 28.0 Å². The van der Waals surface area contributed by atoms with Crippen LogP contribution in [0.4, 0.5) is 5.69 Å². The first-order chi connectivity index (χ1) is 12.2. The second-order valence-electron chi connectivity index (χ2n) is 6.01. The average molecular weight is 346 g/mol. The molecule has 4 rings (SSSR count). The summed E-state index contributed by atoms with van der Waals surface area (Å²) in [5, 5.41) is 0.651. The summed E-state index contributed by atoms with van der Waals surface area (Å²) in [5.41, 5.74) is 5.44. The number of amides is 1. The minimum atomic E-state index is 0.0000265. The van der Waals surface area contributed by atoms with Crippen molar-refractivity contribution >= 4 is 34.3 Å². The summed E-state index contributed by atoms with van der Waals surface area (Å²) in [7, 11) is 1.81. The number of carbonyl (C=O) groups excluding carboxylic acids is 1. The van der Waals surface area contributed by atoms with Gasteiger partial charge in [0, 0.05) is 23.2 Å². The van der Waals surface area contributed by atoms with E-state index in [1.54, 1.807) is 4.90 Å². The van der Waals surface area contributed by atoms with Crippen LogP contribution in [0.25, 0.3) is 11.1 Å². The third-order valence-electron chi connectivity index (χ3n) is 4.48. The quantitative estimate of drug-likeness (QED) is 0.579. The second-order valence-corrected chi connectivity index (χ2v) is 6.44. The Bertz CT molecular complexity index is 992. The predicted molar refractivity (Wildman–Crippen MR) is 104 cm³/mol. The summed E-state index contributed by atoms with van der Waals surface area (Å²) in [6, 6.07) is 25.5. The van der Waals surface area contributed by atoms with Crippen LogP contribution in [0.2, 0.25) is 5.02 Å². The van der Waals surface area contributed by atoms with Crippen LogP contribution < -0.4 is 4.90 Å². The van der Waals surface area contributed by atoms with Gasteiger partial charge in [-0.05, 0) is 29.3 Å². The summed E-state index contributed by atoms with van der Waals surface area (Å²) in [6.07, 6.45) is 0. The highest BCUT2D eigenvalue weighted by Crippen LogP contribution is 2.42. The van der Waals surface area contributed by atoms with Gasteiger partial charge in [-0.2, -0.15) is 0 Å². The van der Waals surface area contributed by atoms with Crippen molar-refractivity contribution in [3.8, 4) is 0 Å². The van der Waals surface area contributed by atoms with Gasteiger partial charge in [0.2, 0.25) is 0 Å². The van der Waals surface area contributed by atoms with Gasteiger partial charge >= 0.3 is 0 Å². The van der Waals surface area contributed by atoms with Crippen LogP contribution in [-0.4, -0.2) is 13.0 Å². The molecule has 1 aliphatic rings. The van der Waals surface area contributed by atoms with Gasteiger partial charge < -0.3 is 4.90 Å². The monoisotopic (exact) mass is 345 g/mol. The standard InChI is InChI=1S/C22H16ClNO/c1-24-19-13-6-5-12-18(19)21(22(24)25)20(15-8-3-2-4-9-15)16-10-7-11-17(23)14-16/h2-14H,1H3/b21-20-. The van der Waals surface area contributed by atoms with Crippen molar-refractivity contribution in [2.24, 2.45) is 0 Å².